The quantitative estimate of drug-likeness (QED) is 0.629. The molecule has 23 heavy (non-hydrogen) atoms. The largest absolute Gasteiger partial charge is 0.344 e. The Morgan fingerprint density at radius 1 is 0.957 bits per heavy atom. The third-order valence-corrected chi connectivity index (χ3v) is 3.62. The van der Waals surface area contributed by atoms with Crippen LogP contribution in [0.5, 0.6) is 0 Å². The number of benzene rings is 1. The van der Waals surface area contributed by atoms with E-state index in [-0.39, 0.29) is 0 Å². The summed E-state index contributed by atoms with van der Waals surface area (Å²) < 4.78 is 1.83. The van der Waals surface area contributed by atoms with Gasteiger partial charge in [0.05, 0.1) is 5.69 Å². The highest BCUT2D eigenvalue weighted by Gasteiger charge is 2.03. The molecular formula is C18H15N5. The molecule has 0 amide bonds. The van der Waals surface area contributed by atoms with Gasteiger partial charge in [0.2, 0.25) is 0 Å². The third kappa shape index (κ3) is 2.64. The van der Waals surface area contributed by atoms with Gasteiger partial charge in [0.1, 0.15) is 5.82 Å². The second-order valence-corrected chi connectivity index (χ2v) is 5.28. The van der Waals surface area contributed by atoms with Crippen molar-refractivity contribution in [3.05, 3.63) is 72.1 Å². The first kappa shape index (κ1) is 13.5. The third-order valence-electron chi connectivity index (χ3n) is 3.62. The van der Waals surface area contributed by atoms with E-state index in [1.54, 1.807) is 0 Å². The molecule has 112 valence electrons. The molecule has 3 aromatic heterocycles. The standard InChI is InChI=1S/C18H15N5/c1-13-6-5-9-18-21-17(22-23(13)18)11-10-16-19-12-15(20-16)14-7-3-2-4-8-14/h2-12H,1H3,(H,19,20)/b11-10+. The van der Waals surface area contributed by atoms with Crippen molar-refractivity contribution in [2.75, 3.05) is 0 Å². The van der Waals surface area contributed by atoms with Gasteiger partial charge in [0.25, 0.3) is 0 Å². The highest BCUT2D eigenvalue weighted by atomic mass is 15.3. The second kappa shape index (κ2) is 5.53. The molecule has 0 aliphatic heterocycles. The van der Waals surface area contributed by atoms with Crippen molar-refractivity contribution in [1.29, 1.82) is 0 Å². The molecule has 0 bridgehead atoms. The van der Waals surface area contributed by atoms with Crippen LogP contribution in [-0.4, -0.2) is 24.6 Å². The molecule has 5 nitrogen and oxygen atoms in total. The zero-order valence-electron chi connectivity index (χ0n) is 12.6. The maximum atomic E-state index is 4.56. The van der Waals surface area contributed by atoms with Crippen molar-refractivity contribution in [2.45, 2.75) is 6.92 Å². The first-order valence-electron chi connectivity index (χ1n) is 7.41. The van der Waals surface area contributed by atoms with Crippen LogP contribution in [0.3, 0.4) is 0 Å². The number of H-pyrrole nitrogens is 1. The molecule has 0 saturated carbocycles. The number of pyridine rings is 1. The minimum absolute atomic E-state index is 0.664. The number of nitrogens with one attached hydrogen (secondary N) is 1. The molecule has 1 aromatic carbocycles. The molecule has 0 radical (unpaired) electrons. The topological polar surface area (TPSA) is 58.9 Å². The fourth-order valence-corrected chi connectivity index (χ4v) is 2.46. The van der Waals surface area contributed by atoms with Crippen LogP contribution in [0.25, 0.3) is 29.1 Å². The highest BCUT2D eigenvalue weighted by molar-refractivity contribution is 5.66. The molecule has 5 heteroatoms. The van der Waals surface area contributed by atoms with Gasteiger partial charge in [-0.3, -0.25) is 0 Å². The van der Waals surface area contributed by atoms with E-state index in [0.29, 0.717) is 5.82 Å². The highest BCUT2D eigenvalue weighted by Crippen LogP contribution is 2.16. The average Bonchev–Trinajstić information content (AvgIpc) is 3.21. The predicted octanol–water partition coefficient (Wildman–Crippen LogP) is 3.60. The summed E-state index contributed by atoms with van der Waals surface area (Å²) in [6.45, 7) is 2.01. The molecule has 0 aliphatic carbocycles. The van der Waals surface area contributed by atoms with Gasteiger partial charge in [0.15, 0.2) is 11.5 Å². The summed E-state index contributed by atoms with van der Waals surface area (Å²) in [5.74, 6) is 1.44. The van der Waals surface area contributed by atoms with E-state index in [4.69, 9.17) is 0 Å². The van der Waals surface area contributed by atoms with Crippen molar-refractivity contribution < 1.29 is 0 Å². The van der Waals surface area contributed by atoms with Gasteiger partial charge < -0.3 is 4.98 Å². The maximum absolute atomic E-state index is 4.56. The van der Waals surface area contributed by atoms with E-state index in [0.717, 1.165) is 28.4 Å². The molecule has 0 aliphatic rings. The number of aryl methyl sites for hydroxylation is 1. The summed E-state index contributed by atoms with van der Waals surface area (Å²) in [7, 11) is 0. The Hall–Kier alpha value is -3.21. The first-order valence-corrected chi connectivity index (χ1v) is 7.41. The fraction of sp³-hybridized carbons (Fsp3) is 0.0556. The lowest BCUT2D eigenvalue weighted by atomic mass is 10.2. The van der Waals surface area contributed by atoms with E-state index in [2.05, 4.69) is 20.1 Å². The fourth-order valence-electron chi connectivity index (χ4n) is 2.46. The summed E-state index contributed by atoms with van der Waals surface area (Å²) in [4.78, 5) is 12.2. The van der Waals surface area contributed by atoms with Crippen molar-refractivity contribution in [3.63, 3.8) is 0 Å². The number of fused-ring (bicyclic) bond motifs is 1. The van der Waals surface area contributed by atoms with Crippen LogP contribution in [0.1, 0.15) is 17.3 Å². The Morgan fingerprint density at radius 2 is 1.83 bits per heavy atom. The first-order chi connectivity index (χ1) is 11.3. The van der Waals surface area contributed by atoms with Gasteiger partial charge in [-0.1, -0.05) is 36.4 Å². The summed E-state index contributed by atoms with van der Waals surface area (Å²) in [6.07, 6.45) is 5.65. The molecule has 0 fully saturated rings. The molecule has 4 rings (SSSR count). The van der Waals surface area contributed by atoms with Gasteiger partial charge in [-0.25, -0.2) is 14.5 Å². The van der Waals surface area contributed by atoms with Crippen LogP contribution in [-0.2, 0) is 0 Å². The smallest absolute Gasteiger partial charge is 0.175 e. The molecular weight excluding hydrogens is 286 g/mol. The van der Waals surface area contributed by atoms with Gasteiger partial charge >= 0.3 is 0 Å². The predicted molar refractivity (Wildman–Crippen MR) is 90.7 cm³/mol. The number of hydrogen-bond acceptors (Lipinski definition) is 3. The van der Waals surface area contributed by atoms with Gasteiger partial charge in [-0.05, 0) is 31.2 Å². The Bertz CT molecular complexity index is 979. The summed E-state index contributed by atoms with van der Waals surface area (Å²) in [6, 6.07) is 16.0. The van der Waals surface area contributed by atoms with Crippen LogP contribution in [0.2, 0.25) is 0 Å². The molecule has 0 saturated heterocycles. The Morgan fingerprint density at radius 3 is 2.65 bits per heavy atom. The normalized spacial score (nSPS) is 11.5. The van der Waals surface area contributed by atoms with Crippen LogP contribution < -0.4 is 0 Å². The summed E-state index contributed by atoms with van der Waals surface area (Å²) >= 11 is 0. The Balaban J connectivity index is 1.61. The zero-order chi connectivity index (χ0) is 15.6. The van der Waals surface area contributed by atoms with Gasteiger partial charge in [-0.2, -0.15) is 0 Å². The number of aromatic amines is 1. The molecule has 0 unspecified atom stereocenters. The van der Waals surface area contributed by atoms with Gasteiger partial charge in [-0.15, -0.1) is 5.10 Å². The van der Waals surface area contributed by atoms with Crippen LogP contribution in [0.4, 0.5) is 0 Å². The summed E-state index contributed by atoms with van der Waals surface area (Å²) in [5.41, 5.74) is 3.90. The van der Waals surface area contributed by atoms with Crippen LogP contribution in [0, 0.1) is 6.92 Å². The van der Waals surface area contributed by atoms with Crippen molar-refractivity contribution >= 4 is 17.8 Å². The monoisotopic (exact) mass is 301 g/mol. The summed E-state index contributed by atoms with van der Waals surface area (Å²) in [5, 5.41) is 4.47. The molecule has 4 aromatic rings. The van der Waals surface area contributed by atoms with E-state index < -0.39 is 0 Å². The van der Waals surface area contributed by atoms with Gasteiger partial charge in [0, 0.05) is 17.5 Å². The number of hydrogen-bond donors (Lipinski definition) is 1. The van der Waals surface area contributed by atoms with E-state index >= 15 is 0 Å². The lowest BCUT2D eigenvalue weighted by molar-refractivity contribution is 0.909. The minimum atomic E-state index is 0.664. The molecule has 3 heterocycles. The Labute approximate surface area is 133 Å². The van der Waals surface area contributed by atoms with Crippen LogP contribution in [0.15, 0.2) is 54.7 Å². The van der Waals surface area contributed by atoms with Crippen molar-refractivity contribution in [3.8, 4) is 11.3 Å². The zero-order valence-corrected chi connectivity index (χ0v) is 12.6. The number of rotatable bonds is 3. The van der Waals surface area contributed by atoms with E-state index in [1.165, 1.54) is 0 Å². The minimum Gasteiger partial charge on any atom is -0.344 e. The number of imidazole rings is 1. The van der Waals surface area contributed by atoms with Crippen LogP contribution >= 0.6 is 0 Å². The van der Waals surface area contributed by atoms with Crippen molar-refractivity contribution in [1.82, 2.24) is 24.6 Å². The Kier molecular flexibility index (Phi) is 3.24. The number of nitrogens with zero attached hydrogens (tertiary/aromatic N) is 4. The van der Waals surface area contributed by atoms with E-state index in [9.17, 15) is 0 Å². The number of aromatic nitrogens is 5. The molecule has 0 atom stereocenters. The molecule has 1 N–H and O–H groups in total. The van der Waals surface area contributed by atoms with Crippen molar-refractivity contribution in [2.24, 2.45) is 0 Å². The second-order valence-electron chi connectivity index (χ2n) is 5.28. The SMILES string of the molecule is Cc1cccc2nc(/C=C/c3nc(-c4ccccc4)c[nH]3)nn12. The van der Waals surface area contributed by atoms with E-state index in [1.807, 2.05) is 78.3 Å². The molecule has 0 spiro atoms. The lowest BCUT2D eigenvalue weighted by Crippen LogP contribution is -1.91. The lowest BCUT2D eigenvalue weighted by Gasteiger charge is -1.93. The average molecular weight is 301 g/mol. The maximum Gasteiger partial charge on any atom is 0.175 e.